The van der Waals surface area contributed by atoms with Crippen LogP contribution in [0.15, 0.2) is 17.1 Å². The number of methoxy groups -OCH3 is 1. The van der Waals surface area contributed by atoms with Gasteiger partial charge in [0.25, 0.3) is 0 Å². The number of hydrogen-bond donors (Lipinski definition) is 1. The Bertz CT molecular complexity index is 525. The fraction of sp³-hybridized carbons (Fsp3) is 0.250. The Kier molecular flexibility index (Phi) is 3.27. The van der Waals surface area contributed by atoms with E-state index in [1.807, 2.05) is 0 Å². The van der Waals surface area contributed by atoms with Crippen molar-refractivity contribution < 1.29 is 19.1 Å². The van der Waals surface area contributed by atoms with Crippen LogP contribution in [0.3, 0.4) is 0 Å². The number of rotatable bonds is 3. The minimum Gasteiger partial charge on any atom is -0.493 e. The molecular formula is C12H12N2O4. The van der Waals surface area contributed by atoms with E-state index >= 15 is 0 Å². The Labute approximate surface area is 104 Å². The molecule has 6 heteroatoms. The summed E-state index contributed by atoms with van der Waals surface area (Å²) in [7, 11) is 1.48. The molecule has 1 aliphatic heterocycles. The van der Waals surface area contributed by atoms with Gasteiger partial charge in [0, 0.05) is 24.2 Å². The van der Waals surface area contributed by atoms with Crippen LogP contribution < -0.4 is 14.8 Å². The van der Waals surface area contributed by atoms with Crippen molar-refractivity contribution in [2.45, 2.75) is 13.0 Å². The lowest BCUT2D eigenvalue weighted by Crippen LogP contribution is -2.12. The van der Waals surface area contributed by atoms with E-state index in [9.17, 15) is 9.59 Å². The summed E-state index contributed by atoms with van der Waals surface area (Å²) in [5.41, 5.74) is 1.35. The number of anilines is 1. The van der Waals surface area contributed by atoms with Crippen LogP contribution in [0.5, 0.6) is 11.5 Å². The molecule has 1 unspecified atom stereocenters. The third kappa shape index (κ3) is 2.17. The molecule has 94 valence electrons. The van der Waals surface area contributed by atoms with Crippen molar-refractivity contribution in [2.24, 2.45) is 4.99 Å². The van der Waals surface area contributed by atoms with E-state index in [2.05, 4.69) is 10.3 Å². The van der Waals surface area contributed by atoms with Crippen LogP contribution in [0, 0.1) is 0 Å². The maximum atomic E-state index is 11.0. The van der Waals surface area contributed by atoms with Gasteiger partial charge in [0.1, 0.15) is 12.3 Å². The fourth-order valence-electron chi connectivity index (χ4n) is 1.72. The van der Waals surface area contributed by atoms with Crippen molar-refractivity contribution >= 4 is 24.3 Å². The van der Waals surface area contributed by atoms with Crippen molar-refractivity contribution in [1.82, 2.24) is 0 Å². The van der Waals surface area contributed by atoms with Gasteiger partial charge in [-0.15, -0.1) is 0 Å². The van der Waals surface area contributed by atoms with Crippen LogP contribution in [0.1, 0.15) is 18.5 Å². The zero-order valence-electron chi connectivity index (χ0n) is 9.97. The standard InChI is InChI=1S/C12H12N2O4/c1-7(16)18-12-3-8-9(4-11(12)17-2)13-6-14-10(8)5-15/h3-6,10H,1-2H3,(H,13,14). The van der Waals surface area contributed by atoms with Gasteiger partial charge in [-0.25, -0.2) is 0 Å². The highest BCUT2D eigenvalue weighted by molar-refractivity contribution is 5.86. The number of fused-ring (bicyclic) bond motifs is 1. The molecule has 0 fully saturated rings. The van der Waals surface area contributed by atoms with E-state index in [0.29, 0.717) is 17.0 Å². The number of nitrogens with zero attached hydrogens (tertiary/aromatic N) is 1. The van der Waals surface area contributed by atoms with Crippen molar-refractivity contribution in [1.29, 1.82) is 0 Å². The largest absolute Gasteiger partial charge is 0.493 e. The maximum absolute atomic E-state index is 11.0. The predicted octanol–water partition coefficient (Wildman–Crippen LogP) is 1.31. The molecule has 1 N–H and O–H groups in total. The van der Waals surface area contributed by atoms with E-state index in [4.69, 9.17) is 9.47 Å². The molecule has 0 saturated heterocycles. The van der Waals surface area contributed by atoms with Crippen LogP contribution in [0.25, 0.3) is 0 Å². The predicted molar refractivity (Wildman–Crippen MR) is 65.2 cm³/mol. The molecule has 1 aromatic rings. The van der Waals surface area contributed by atoms with Crippen molar-refractivity contribution in [2.75, 3.05) is 12.4 Å². The molecule has 1 aliphatic rings. The zero-order chi connectivity index (χ0) is 13.1. The number of benzene rings is 1. The second-order valence-corrected chi connectivity index (χ2v) is 3.69. The minimum atomic E-state index is -0.596. The number of nitrogens with one attached hydrogen (secondary N) is 1. The monoisotopic (exact) mass is 248 g/mol. The second-order valence-electron chi connectivity index (χ2n) is 3.69. The highest BCUT2D eigenvalue weighted by Crippen LogP contribution is 2.38. The first-order valence-corrected chi connectivity index (χ1v) is 5.29. The van der Waals surface area contributed by atoms with Gasteiger partial charge in [-0.3, -0.25) is 9.79 Å². The zero-order valence-corrected chi connectivity index (χ0v) is 9.97. The number of carbonyl (C=O) groups is 2. The number of carbonyl (C=O) groups excluding carboxylic acids is 2. The summed E-state index contributed by atoms with van der Waals surface area (Å²) in [5.74, 6) is 0.231. The summed E-state index contributed by atoms with van der Waals surface area (Å²) in [6.45, 7) is 1.30. The van der Waals surface area contributed by atoms with Crippen molar-refractivity contribution in [3.8, 4) is 11.5 Å². The molecule has 1 atom stereocenters. The fourth-order valence-corrected chi connectivity index (χ4v) is 1.72. The third-order valence-corrected chi connectivity index (χ3v) is 2.49. The summed E-state index contributed by atoms with van der Waals surface area (Å²) >= 11 is 0. The van der Waals surface area contributed by atoms with Gasteiger partial charge in [0.05, 0.1) is 13.4 Å². The molecule has 0 radical (unpaired) electrons. The van der Waals surface area contributed by atoms with E-state index in [0.717, 1.165) is 6.29 Å². The number of aldehydes is 1. The summed E-state index contributed by atoms with van der Waals surface area (Å²) < 4.78 is 10.2. The molecule has 0 bridgehead atoms. The Morgan fingerprint density at radius 2 is 2.22 bits per heavy atom. The number of esters is 1. The molecule has 0 aliphatic carbocycles. The van der Waals surface area contributed by atoms with Crippen molar-refractivity contribution in [3.05, 3.63) is 17.7 Å². The topological polar surface area (TPSA) is 77.0 Å². The molecule has 18 heavy (non-hydrogen) atoms. The molecule has 1 heterocycles. The molecular weight excluding hydrogens is 236 g/mol. The van der Waals surface area contributed by atoms with Gasteiger partial charge in [-0.05, 0) is 6.07 Å². The van der Waals surface area contributed by atoms with E-state index in [1.54, 1.807) is 12.1 Å². The van der Waals surface area contributed by atoms with E-state index < -0.39 is 12.0 Å². The Morgan fingerprint density at radius 1 is 1.44 bits per heavy atom. The van der Waals surface area contributed by atoms with Gasteiger partial charge >= 0.3 is 5.97 Å². The normalized spacial score (nSPS) is 16.4. The summed E-state index contributed by atoms with van der Waals surface area (Å²) in [6, 6.07) is 2.65. The average Bonchev–Trinajstić information content (AvgIpc) is 2.36. The SMILES string of the molecule is COc1cc2c(cc1OC(C)=O)C(C=O)N=CN2. The lowest BCUT2D eigenvalue weighted by Gasteiger charge is -2.19. The van der Waals surface area contributed by atoms with Gasteiger partial charge in [-0.2, -0.15) is 0 Å². The van der Waals surface area contributed by atoms with Gasteiger partial charge in [-0.1, -0.05) is 0 Å². The van der Waals surface area contributed by atoms with Crippen LogP contribution in [-0.2, 0) is 9.59 Å². The second kappa shape index (κ2) is 4.87. The summed E-state index contributed by atoms with van der Waals surface area (Å²) in [6.07, 6.45) is 2.17. The summed E-state index contributed by atoms with van der Waals surface area (Å²) in [4.78, 5) is 25.9. The quantitative estimate of drug-likeness (QED) is 0.496. The molecule has 0 aromatic heterocycles. The van der Waals surface area contributed by atoms with Crippen LogP contribution in [0.4, 0.5) is 5.69 Å². The Hall–Kier alpha value is -2.37. The van der Waals surface area contributed by atoms with Gasteiger partial charge in [0.15, 0.2) is 11.5 Å². The van der Waals surface area contributed by atoms with Crippen LogP contribution in [0.2, 0.25) is 0 Å². The number of hydrogen-bond acceptors (Lipinski definition) is 6. The van der Waals surface area contributed by atoms with Crippen molar-refractivity contribution in [3.63, 3.8) is 0 Å². The maximum Gasteiger partial charge on any atom is 0.308 e. The van der Waals surface area contributed by atoms with Crippen LogP contribution >= 0.6 is 0 Å². The summed E-state index contributed by atoms with van der Waals surface area (Å²) in [5, 5.41) is 2.91. The lowest BCUT2D eigenvalue weighted by atomic mass is 10.0. The Morgan fingerprint density at radius 3 is 2.83 bits per heavy atom. The Balaban J connectivity index is 2.49. The van der Waals surface area contributed by atoms with Gasteiger partial charge < -0.3 is 19.6 Å². The molecule has 1 aromatic carbocycles. The van der Waals surface area contributed by atoms with Crippen LogP contribution in [-0.4, -0.2) is 25.7 Å². The molecule has 0 amide bonds. The minimum absolute atomic E-state index is 0.273. The average molecular weight is 248 g/mol. The molecule has 6 nitrogen and oxygen atoms in total. The first kappa shape index (κ1) is 12.1. The first-order valence-electron chi connectivity index (χ1n) is 5.29. The van der Waals surface area contributed by atoms with E-state index in [-0.39, 0.29) is 5.75 Å². The first-order chi connectivity index (χ1) is 8.65. The third-order valence-electron chi connectivity index (χ3n) is 2.49. The molecule has 2 rings (SSSR count). The molecule has 0 saturated carbocycles. The van der Waals surface area contributed by atoms with Gasteiger partial charge in [0.2, 0.25) is 0 Å². The highest BCUT2D eigenvalue weighted by atomic mass is 16.6. The smallest absolute Gasteiger partial charge is 0.308 e. The number of aliphatic imine (C=N–C) groups is 1. The molecule has 0 spiro atoms. The lowest BCUT2D eigenvalue weighted by molar-refractivity contribution is -0.132. The number of ether oxygens (including phenoxy) is 2. The van der Waals surface area contributed by atoms with E-state index in [1.165, 1.54) is 20.4 Å². The highest BCUT2D eigenvalue weighted by Gasteiger charge is 2.21.